The van der Waals surface area contributed by atoms with Crippen LogP contribution in [-0.2, 0) is 9.73 Å². The summed E-state index contributed by atoms with van der Waals surface area (Å²) in [6.07, 6.45) is 1.46. The van der Waals surface area contributed by atoms with Crippen LogP contribution in [0.1, 0.15) is 0 Å². The summed E-state index contributed by atoms with van der Waals surface area (Å²) in [5.41, 5.74) is 2.28. The lowest BCUT2D eigenvalue weighted by molar-refractivity contribution is -0.134. The Bertz CT molecular complexity index is 56.9. The van der Waals surface area contributed by atoms with Crippen molar-refractivity contribution in [3.8, 4) is 0 Å². The zero-order valence-electron chi connectivity index (χ0n) is 4.26. The number of carbonyl (C=O) groups excluding carboxylic acids is 1. The largest absolute Gasteiger partial charge is 0.339 e. The molecule has 41 valence electrons. The van der Waals surface area contributed by atoms with E-state index in [9.17, 15) is 4.79 Å². The highest BCUT2D eigenvalue weighted by Crippen LogP contribution is 1.67. The van der Waals surface area contributed by atoms with Crippen molar-refractivity contribution in [2.75, 3.05) is 14.1 Å². The highest BCUT2D eigenvalue weighted by molar-refractivity contribution is 5.45. The summed E-state index contributed by atoms with van der Waals surface area (Å²) in [5.74, 6) is 0. The number of hydrogen-bond donors (Lipinski definition) is 1. The van der Waals surface area contributed by atoms with Crippen LogP contribution in [0.5, 0.6) is 0 Å². The minimum atomic E-state index is 0.889. The molecule has 1 N–H and O–H groups in total. The highest BCUT2D eigenvalue weighted by Gasteiger charge is 1.86. The molecule has 0 aromatic carbocycles. The third-order valence-corrected chi connectivity index (χ3v) is 0.357. The van der Waals surface area contributed by atoms with Crippen LogP contribution in [0, 0.1) is 0 Å². The normalized spacial score (nSPS) is 8.29. The van der Waals surface area contributed by atoms with Gasteiger partial charge in [0.2, 0.25) is 0 Å². The summed E-state index contributed by atoms with van der Waals surface area (Å²) < 4.78 is 0. The molecule has 0 bridgehead atoms. The van der Waals surface area contributed by atoms with Gasteiger partial charge < -0.3 is 0 Å². The Morgan fingerprint density at radius 1 is 1.86 bits per heavy atom. The van der Waals surface area contributed by atoms with E-state index < -0.39 is 0 Å². The Morgan fingerprint density at radius 3 is 2.57 bits per heavy atom. The van der Waals surface area contributed by atoms with Gasteiger partial charge in [0.05, 0.1) is 0 Å². The molecule has 0 spiro atoms. The van der Waals surface area contributed by atoms with E-state index in [1.165, 1.54) is 13.5 Å². The predicted octanol–water partition coefficient (Wildman–Crippen LogP) is -0.949. The molecule has 0 heterocycles. The summed E-state index contributed by atoms with van der Waals surface area (Å²) in [6.45, 7) is 0. The van der Waals surface area contributed by atoms with Crippen molar-refractivity contribution >= 4 is 6.41 Å². The number of amides is 1. The molecule has 0 aliphatic heterocycles. The van der Waals surface area contributed by atoms with Gasteiger partial charge in [0.15, 0.2) is 0 Å². The molecule has 0 saturated heterocycles. The standard InChI is InChI=1S/C3H7N2O2/c1-4-7-5(2)3-6/h4H,1-2H3. The van der Waals surface area contributed by atoms with Gasteiger partial charge in [-0.2, -0.15) is 15.5 Å². The fraction of sp³-hybridized carbons (Fsp3) is 0.667. The fourth-order valence-corrected chi connectivity index (χ4v) is 0.156. The number of nitrogens with zero attached hydrogens (tertiary/aromatic N) is 1. The lowest BCUT2D eigenvalue weighted by Gasteiger charge is -2.04. The summed E-state index contributed by atoms with van der Waals surface area (Å²) in [7, 11) is 2.98. The predicted molar refractivity (Wildman–Crippen MR) is 23.6 cm³/mol. The molecule has 0 aromatic heterocycles. The van der Waals surface area contributed by atoms with Gasteiger partial charge in [-0.15, -0.1) is 0 Å². The number of nitrogens with one attached hydrogen (secondary N) is 1. The van der Waals surface area contributed by atoms with Crippen LogP contribution in [-0.4, -0.2) is 25.6 Å². The first-order chi connectivity index (χ1) is 3.31. The van der Waals surface area contributed by atoms with E-state index in [4.69, 9.17) is 0 Å². The molecule has 0 atom stereocenters. The second-order valence-electron chi connectivity index (χ2n) is 0.884. The minimum absolute atomic E-state index is 0.889. The van der Waals surface area contributed by atoms with Crippen LogP contribution in [0.4, 0.5) is 0 Å². The zero-order valence-corrected chi connectivity index (χ0v) is 4.26. The second-order valence-corrected chi connectivity index (χ2v) is 0.884. The monoisotopic (exact) mass is 103 g/mol. The van der Waals surface area contributed by atoms with E-state index in [1.54, 1.807) is 7.05 Å². The first-order valence-electron chi connectivity index (χ1n) is 1.76. The Morgan fingerprint density at radius 2 is 2.43 bits per heavy atom. The summed E-state index contributed by atoms with van der Waals surface area (Å²) in [6, 6.07) is 0. The van der Waals surface area contributed by atoms with E-state index in [0.717, 1.165) is 5.06 Å². The van der Waals surface area contributed by atoms with Crippen molar-refractivity contribution in [1.29, 1.82) is 0 Å². The Hall–Kier alpha value is -0.610. The average molecular weight is 103 g/mol. The molecule has 1 amide bonds. The van der Waals surface area contributed by atoms with Crippen LogP contribution in [0.2, 0.25) is 0 Å². The van der Waals surface area contributed by atoms with Crippen LogP contribution in [0.25, 0.3) is 0 Å². The Labute approximate surface area is 42.0 Å². The molecule has 1 radical (unpaired) electrons. The summed E-state index contributed by atoms with van der Waals surface area (Å²) >= 11 is 0. The highest BCUT2D eigenvalue weighted by atomic mass is 16.8. The average Bonchev–Trinajstić information content (AvgIpc) is 1.68. The molecule has 0 saturated carbocycles. The summed E-state index contributed by atoms with van der Waals surface area (Å²) in [4.78, 5) is 13.9. The molecule has 0 aliphatic rings. The maximum absolute atomic E-state index is 9.53. The SMILES string of the molecule is CNON(C)[C]=O. The second kappa shape index (κ2) is 3.58. The van der Waals surface area contributed by atoms with Crippen molar-refractivity contribution in [1.82, 2.24) is 10.5 Å². The smallest absolute Gasteiger partial charge is 0.261 e. The lowest BCUT2D eigenvalue weighted by Crippen LogP contribution is -2.23. The number of hydroxylamine groups is 3. The van der Waals surface area contributed by atoms with Gasteiger partial charge in [-0.25, -0.2) is 0 Å². The van der Waals surface area contributed by atoms with Crippen molar-refractivity contribution in [3.05, 3.63) is 0 Å². The van der Waals surface area contributed by atoms with Gasteiger partial charge in [0.1, 0.15) is 0 Å². The summed E-state index contributed by atoms with van der Waals surface area (Å²) in [5, 5.41) is 0.889. The zero-order chi connectivity index (χ0) is 5.70. The Kier molecular flexibility index (Phi) is 3.26. The maximum Gasteiger partial charge on any atom is 0.339 e. The van der Waals surface area contributed by atoms with Gasteiger partial charge in [-0.05, 0) is 0 Å². The van der Waals surface area contributed by atoms with E-state index in [2.05, 4.69) is 10.4 Å². The molecule has 0 aromatic rings. The number of hydrogen-bond acceptors (Lipinski definition) is 3. The van der Waals surface area contributed by atoms with Crippen molar-refractivity contribution in [2.24, 2.45) is 0 Å². The van der Waals surface area contributed by atoms with E-state index in [1.807, 2.05) is 0 Å². The third kappa shape index (κ3) is 3.21. The molecule has 4 nitrogen and oxygen atoms in total. The van der Waals surface area contributed by atoms with Gasteiger partial charge in [-0.3, -0.25) is 4.79 Å². The molecule has 0 rings (SSSR count). The van der Waals surface area contributed by atoms with Crippen molar-refractivity contribution in [2.45, 2.75) is 0 Å². The van der Waals surface area contributed by atoms with Crippen molar-refractivity contribution in [3.63, 3.8) is 0 Å². The molecular weight excluding hydrogens is 96.0 g/mol. The molecular formula is C3H7N2O2. The molecule has 0 aliphatic carbocycles. The van der Waals surface area contributed by atoms with Crippen LogP contribution < -0.4 is 5.48 Å². The number of rotatable bonds is 3. The minimum Gasteiger partial charge on any atom is -0.261 e. The maximum atomic E-state index is 9.53. The van der Waals surface area contributed by atoms with Gasteiger partial charge >= 0.3 is 6.41 Å². The van der Waals surface area contributed by atoms with Gasteiger partial charge in [0, 0.05) is 14.1 Å². The first kappa shape index (κ1) is 6.39. The molecule has 7 heavy (non-hydrogen) atoms. The molecule has 0 fully saturated rings. The van der Waals surface area contributed by atoms with E-state index >= 15 is 0 Å². The van der Waals surface area contributed by atoms with Crippen LogP contribution in [0.15, 0.2) is 0 Å². The fourth-order valence-electron chi connectivity index (χ4n) is 0.156. The van der Waals surface area contributed by atoms with E-state index in [-0.39, 0.29) is 0 Å². The molecule has 4 heteroatoms. The molecule has 0 unspecified atom stereocenters. The van der Waals surface area contributed by atoms with Gasteiger partial charge in [-0.1, -0.05) is 0 Å². The van der Waals surface area contributed by atoms with E-state index in [0.29, 0.717) is 0 Å². The third-order valence-electron chi connectivity index (χ3n) is 0.357. The quantitative estimate of drug-likeness (QED) is 0.370. The topological polar surface area (TPSA) is 41.6 Å². The first-order valence-corrected chi connectivity index (χ1v) is 1.76. The van der Waals surface area contributed by atoms with Crippen LogP contribution >= 0.6 is 0 Å². The Balaban J connectivity index is 2.98. The van der Waals surface area contributed by atoms with Gasteiger partial charge in [0.25, 0.3) is 0 Å². The lowest BCUT2D eigenvalue weighted by atomic mass is 11.2. The van der Waals surface area contributed by atoms with Crippen molar-refractivity contribution < 1.29 is 9.73 Å². The van der Waals surface area contributed by atoms with Crippen LogP contribution in [0.3, 0.4) is 0 Å².